The van der Waals surface area contributed by atoms with Gasteiger partial charge in [0, 0.05) is 6.21 Å². The summed E-state index contributed by atoms with van der Waals surface area (Å²) in [4.78, 5) is 4.77. The minimum absolute atomic E-state index is 0.300. The Labute approximate surface area is 182 Å². The highest BCUT2D eigenvalue weighted by Gasteiger charge is 2.32. The molecular formula is C27H44NP. The van der Waals surface area contributed by atoms with Crippen LogP contribution in [0.5, 0.6) is 0 Å². The Morgan fingerprint density at radius 1 is 1.03 bits per heavy atom. The fourth-order valence-corrected chi connectivity index (χ4v) is 5.09. The smallest absolute Gasteiger partial charge is 0.0686 e. The first-order valence-electron chi connectivity index (χ1n) is 11.6. The van der Waals surface area contributed by atoms with Crippen molar-refractivity contribution >= 4 is 20.1 Å². The fourth-order valence-electron chi connectivity index (χ4n) is 3.58. The lowest BCUT2D eigenvalue weighted by atomic mass is 9.82. The molecule has 2 heteroatoms. The zero-order chi connectivity index (χ0) is 21.7. The molecule has 1 nitrogen and oxygen atoms in total. The van der Waals surface area contributed by atoms with Gasteiger partial charge < -0.3 is 0 Å². The Balaban J connectivity index is 1.94. The fraction of sp³-hybridized carbons (Fsp3) is 0.667. The SMILES string of the molecule is Cc1ccc(PC(C)(C)C(C)(C)C)cc1CC1=CC(CCCCCC(C)C)N=C1. The molecule has 0 fully saturated rings. The molecule has 2 atom stereocenters. The van der Waals surface area contributed by atoms with Crippen LogP contribution in [0.2, 0.25) is 0 Å². The topological polar surface area (TPSA) is 12.4 Å². The summed E-state index contributed by atoms with van der Waals surface area (Å²) in [6.45, 7) is 18.8. The summed E-state index contributed by atoms with van der Waals surface area (Å²) < 4.78 is 0. The van der Waals surface area contributed by atoms with Crippen molar-refractivity contribution in [3.8, 4) is 0 Å². The third-order valence-electron chi connectivity index (χ3n) is 6.70. The van der Waals surface area contributed by atoms with Crippen LogP contribution in [0.15, 0.2) is 34.8 Å². The van der Waals surface area contributed by atoms with Gasteiger partial charge >= 0.3 is 0 Å². The molecule has 2 rings (SSSR count). The van der Waals surface area contributed by atoms with Crippen LogP contribution in [-0.4, -0.2) is 17.4 Å². The van der Waals surface area contributed by atoms with Gasteiger partial charge in [0.15, 0.2) is 0 Å². The quantitative estimate of drug-likeness (QED) is 0.276. The van der Waals surface area contributed by atoms with Crippen molar-refractivity contribution in [1.82, 2.24) is 0 Å². The number of hydrogen-bond donors (Lipinski definition) is 0. The van der Waals surface area contributed by atoms with Crippen LogP contribution < -0.4 is 5.30 Å². The molecule has 0 N–H and O–H groups in total. The predicted octanol–water partition coefficient (Wildman–Crippen LogP) is 7.65. The van der Waals surface area contributed by atoms with E-state index in [1.807, 2.05) is 0 Å². The van der Waals surface area contributed by atoms with Gasteiger partial charge in [-0.3, -0.25) is 4.99 Å². The van der Waals surface area contributed by atoms with E-state index in [9.17, 15) is 0 Å². The summed E-state index contributed by atoms with van der Waals surface area (Å²) in [5.74, 6) is 0.833. The maximum atomic E-state index is 4.77. The number of aliphatic imine (C=N–C) groups is 1. The van der Waals surface area contributed by atoms with Crippen molar-refractivity contribution in [2.24, 2.45) is 16.3 Å². The summed E-state index contributed by atoms with van der Waals surface area (Å²) >= 11 is 0. The summed E-state index contributed by atoms with van der Waals surface area (Å²) in [5.41, 5.74) is 4.57. The highest BCUT2D eigenvalue weighted by Crippen LogP contribution is 2.45. The van der Waals surface area contributed by atoms with E-state index < -0.39 is 0 Å². The molecule has 1 aliphatic rings. The monoisotopic (exact) mass is 413 g/mol. The summed E-state index contributed by atoms with van der Waals surface area (Å²) in [6, 6.07) is 7.51. The first kappa shape index (κ1) is 24.3. The van der Waals surface area contributed by atoms with Crippen LogP contribution in [-0.2, 0) is 6.42 Å². The molecule has 0 spiro atoms. The van der Waals surface area contributed by atoms with Crippen LogP contribution in [0.3, 0.4) is 0 Å². The van der Waals surface area contributed by atoms with E-state index in [0.29, 0.717) is 16.6 Å². The van der Waals surface area contributed by atoms with Gasteiger partial charge in [0.1, 0.15) is 0 Å². The van der Waals surface area contributed by atoms with Crippen LogP contribution in [0.1, 0.15) is 91.7 Å². The molecule has 0 aromatic heterocycles. The summed E-state index contributed by atoms with van der Waals surface area (Å²) in [6.07, 6.45) is 12.1. The molecule has 1 aliphatic heterocycles. The first-order valence-corrected chi connectivity index (χ1v) is 12.6. The van der Waals surface area contributed by atoms with Crippen LogP contribution in [0.4, 0.5) is 0 Å². The molecule has 29 heavy (non-hydrogen) atoms. The molecule has 1 aromatic rings. The minimum atomic E-state index is 0.300. The average Bonchev–Trinajstić information content (AvgIpc) is 3.03. The van der Waals surface area contributed by atoms with E-state index in [2.05, 4.69) is 85.9 Å². The van der Waals surface area contributed by atoms with E-state index in [1.165, 1.54) is 54.1 Å². The molecule has 0 aliphatic carbocycles. The average molecular weight is 414 g/mol. The normalized spacial score (nSPS) is 17.7. The lowest BCUT2D eigenvalue weighted by Crippen LogP contribution is -2.33. The molecule has 0 saturated carbocycles. The van der Waals surface area contributed by atoms with Crippen molar-refractivity contribution < 1.29 is 0 Å². The molecule has 162 valence electrons. The van der Waals surface area contributed by atoms with Crippen molar-refractivity contribution in [2.45, 2.75) is 105 Å². The molecule has 0 bridgehead atoms. The number of benzene rings is 1. The summed E-state index contributed by atoms with van der Waals surface area (Å²) in [7, 11) is 0.828. The van der Waals surface area contributed by atoms with Crippen molar-refractivity contribution in [1.29, 1.82) is 0 Å². The zero-order valence-electron chi connectivity index (χ0n) is 20.2. The molecule has 1 heterocycles. The third-order valence-corrected chi connectivity index (χ3v) is 8.67. The largest absolute Gasteiger partial charge is 0.285 e. The Kier molecular flexibility index (Phi) is 8.72. The number of hydrogen-bond acceptors (Lipinski definition) is 1. The van der Waals surface area contributed by atoms with E-state index in [-0.39, 0.29) is 0 Å². The highest BCUT2D eigenvalue weighted by molar-refractivity contribution is 7.49. The zero-order valence-corrected chi connectivity index (χ0v) is 21.2. The Bertz CT molecular complexity index is 719. The predicted molar refractivity (Wildman–Crippen MR) is 135 cm³/mol. The second-order valence-corrected chi connectivity index (χ2v) is 13.0. The molecule has 0 radical (unpaired) electrons. The number of aryl methyl sites for hydroxylation is 1. The second-order valence-electron chi connectivity index (χ2n) is 10.9. The number of allylic oxidation sites excluding steroid dienone is 1. The Morgan fingerprint density at radius 2 is 1.76 bits per heavy atom. The molecule has 0 amide bonds. The van der Waals surface area contributed by atoms with Gasteiger partial charge in [-0.15, -0.1) is 0 Å². The van der Waals surface area contributed by atoms with E-state index >= 15 is 0 Å². The third kappa shape index (κ3) is 7.67. The Morgan fingerprint density at radius 3 is 2.41 bits per heavy atom. The van der Waals surface area contributed by atoms with E-state index in [4.69, 9.17) is 4.99 Å². The number of unbranched alkanes of at least 4 members (excludes halogenated alkanes) is 2. The molecule has 2 unspecified atom stereocenters. The van der Waals surface area contributed by atoms with Gasteiger partial charge in [0.05, 0.1) is 6.04 Å². The van der Waals surface area contributed by atoms with E-state index in [0.717, 1.165) is 20.9 Å². The maximum Gasteiger partial charge on any atom is 0.0686 e. The van der Waals surface area contributed by atoms with Crippen molar-refractivity contribution in [3.05, 3.63) is 41.0 Å². The van der Waals surface area contributed by atoms with Crippen LogP contribution >= 0.6 is 8.58 Å². The molecule has 1 aromatic carbocycles. The molecular weight excluding hydrogens is 369 g/mol. The second kappa shape index (κ2) is 10.4. The molecule has 0 saturated heterocycles. The standard InChI is InChI=1S/C27H44NP/c1-20(2)12-10-9-11-13-24-17-22(19-28-24)16-23-18-25(15-14-21(23)3)29-27(7,8)26(4,5)6/h14-15,17-20,24,29H,9-13,16H2,1-8H3. The summed E-state index contributed by atoms with van der Waals surface area (Å²) in [5, 5.41) is 1.79. The van der Waals surface area contributed by atoms with Gasteiger partial charge in [-0.1, -0.05) is 107 Å². The van der Waals surface area contributed by atoms with E-state index in [1.54, 1.807) is 0 Å². The first-order chi connectivity index (χ1) is 13.5. The van der Waals surface area contributed by atoms with Gasteiger partial charge in [-0.2, -0.15) is 0 Å². The minimum Gasteiger partial charge on any atom is -0.285 e. The lowest BCUT2D eigenvalue weighted by molar-refractivity contribution is 0.317. The highest BCUT2D eigenvalue weighted by atomic mass is 31.1. The van der Waals surface area contributed by atoms with Gasteiger partial charge in [-0.25, -0.2) is 0 Å². The van der Waals surface area contributed by atoms with Gasteiger partial charge in [0.25, 0.3) is 0 Å². The van der Waals surface area contributed by atoms with Crippen LogP contribution in [0, 0.1) is 18.3 Å². The van der Waals surface area contributed by atoms with Crippen molar-refractivity contribution in [2.75, 3.05) is 0 Å². The number of nitrogens with zero attached hydrogens (tertiary/aromatic N) is 1. The van der Waals surface area contributed by atoms with Crippen molar-refractivity contribution in [3.63, 3.8) is 0 Å². The van der Waals surface area contributed by atoms with Gasteiger partial charge in [-0.05, 0) is 58.3 Å². The maximum absolute atomic E-state index is 4.77. The lowest BCUT2D eigenvalue weighted by Gasteiger charge is -2.39. The van der Waals surface area contributed by atoms with Gasteiger partial charge in [0.2, 0.25) is 0 Å². The Hall–Kier alpha value is -0.940. The van der Waals surface area contributed by atoms with Crippen LogP contribution in [0.25, 0.3) is 0 Å². The number of rotatable bonds is 10.